The van der Waals surface area contributed by atoms with Crippen LogP contribution in [-0.4, -0.2) is 18.0 Å². The smallest absolute Gasteiger partial charge is 0.230 e. The van der Waals surface area contributed by atoms with Crippen molar-refractivity contribution in [2.24, 2.45) is 0 Å². The molecule has 2 aromatic rings. The summed E-state index contributed by atoms with van der Waals surface area (Å²) in [7, 11) is 1.51. The van der Waals surface area contributed by atoms with Crippen molar-refractivity contribution in [3.8, 4) is 5.75 Å². The number of ether oxygens (including phenoxy) is 1. The highest BCUT2D eigenvalue weighted by Gasteiger charge is 2.10. The Morgan fingerprint density at radius 3 is 2.85 bits per heavy atom. The number of nitrogens with zero attached hydrogens (tertiary/aromatic N) is 1. The number of carbonyl (C=O) groups is 1. The van der Waals surface area contributed by atoms with Gasteiger partial charge in [-0.3, -0.25) is 4.79 Å². The van der Waals surface area contributed by atoms with Gasteiger partial charge in [-0.05, 0) is 36.8 Å². The number of halogens is 1. The van der Waals surface area contributed by atoms with E-state index in [2.05, 4.69) is 10.3 Å². The molecule has 0 radical (unpaired) electrons. The zero-order chi connectivity index (χ0) is 14.5. The lowest BCUT2D eigenvalue weighted by atomic mass is 10.1. The van der Waals surface area contributed by atoms with Crippen LogP contribution in [0.25, 0.3) is 0 Å². The molecule has 0 saturated carbocycles. The summed E-state index contributed by atoms with van der Waals surface area (Å²) in [5, 5.41) is 2.67. The van der Waals surface area contributed by atoms with Crippen LogP contribution >= 0.6 is 0 Å². The lowest BCUT2D eigenvalue weighted by Gasteiger charge is -2.10. The minimum Gasteiger partial charge on any atom is -0.493 e. The van der Waals surface area contributed by atoms with Crippen molar-refractivity contribution >= 4 is 11.7 Å². The van der Waals surface area contributed by atoms with E-state index in [0.29, 0.717) is 17.1 Å². The summed E-state index contributed by atoms with van der Waals surface area (Å²) in [5.41, 5.74) is 1.38. The maximum absolute atomic E-state index is 13.1. The van der Waals surface area contributed by atoms with Crippen LogP contribution in [0.4, 0.5) is 10.2 Å². The number of hydrogen-bond acceptors (Lipinski definition) is 3. The molecular weight excluding hydrogens is 259 g/mol. The number of amides is 1. The molecule has 1 aromatic carbocycles. The Morgan fingerprint density at radius 2 is 2.15 bits per heavy atom. The topological polar surface area (TPSA) is 51.2 Å². The fourth-order valence-electron chi connectivity index (χ4n) is 1.81. The van der Waals surface area contributed by atoms with Crippen molar-refractivity contribution < 1.29 is 13.9 Å². The molecule has 0 aliphatic carbocycles. The average Bonchev–Trinajstić information content (AvgIpc) is 2.38. The van der Waals surface area contributed by atoms with Gasteiger partial charge in [0.2, 0.25) is 5.91 Å². The lowest BCUT2D eigenvalue weighted by molar-refractivity contribution is -0.115. The molecule has 5 heteroatoms. The molecule has 1 aromatic heterocycles. The quantitative estimate of drug-likeness (QED) is 0.932. The Kier molecular flexibility index (Phi) is 4.30. The van der Waals surface area contributed by atoms with Gasteiger partial charge in [0.1, 0.15) is 5.82 Å². The van der Waals surface area contributed by atoms with E-state index in [1.165, 1.54) is 19.2 Å². The number of nitrogens with one attached hydrogen (secondary N) is 1. The van der Waals surface area contributed by atoms with Gasteiger partial charge in [0.15, 0.2) is 11.6 Å². The zero-order valence-corrected chi connectivity index (χ0v) is 11.3. The van der Waals surface area contributed by atoms with Crippen LogP contribution in [0.15, 0.2) is 36.4 Å². The third-order valence-corrected chi connectivity index (χ3v) is 2.73. The van der Waals surface area contributed by atoms with Crippen molar-refractivity contribution in [2.75, 3.05) is 12.4 Å². The Morgan fingerprint density at radius 1 is 1.35 bits per heavy atom. The van der Waals surface area contributed by atoms with Crippen LogP contribution < -0.4 is 10.1 Å². The minimum atomic E-state index is -0.360. The van der Waals surface area contributed by atoms with E-state index in [9.17, 15) is 9.18 Å². The Labute approximate surface area is 116 Å². The Balaban J connectivity index is 2.10. The number of benzene rings is 1. The summed E-state index contributed by atoms with van der Waals surface area (Å²) < 4.78 is 18.2. The van der Waals surface area contributed by atoms with Crippen molar-refractivity contribution in [2.45, 2.75) is 13.3 Å². The van der Waals surface area contributed by atoms with Gasteiger partial charge in [0.05, 0.1) is 13.5 Å². The largest absolute Gasteiger partial charge is 0.493 e. The molecule has 0 aliphatic rings. The highest BCUT2D eigenvalue weighted by Crippen LogP contribution is 2.21. The molecule has 0 aliphatic heterocycles. The monoisotopic (exact) mass is 274 g/mol. The standard InChI is InChI=1S/C15H15FN2O2/c1-10-6-7-13(20-2)15(17-10)18-14(19)9-11-4-3-5-12(16)8-11/h3-8H,9H2,1-2H3,(H,17,18,19). The maximum Gasteiger partial charge on any atom is 0.230 e. The Hall–Kier alpha value is -2.43. The summed E-state index contributed by atoms with van der Waals surface area (Å²) >= 11 is 0. The van der Waals surface area contributed by atoms with Crippen LogP contribution in [0.3, 0.4) is 0 Å². The van der Waals surface area contributed by atoms with E-state index < -0.39 is 0 Å². The highest BCUT2D eigenvalue weighted by molar-refractivity contribution is 5.92. The van der Waals surface area contributed by atoms with Crippen LogP contribution in [0.1, 0.15) is 11.3 Å². The summed E-state index contributed by atoms with van der Waals surface area (Å²) in [4.78, 5) is 16.2. The minimum absolute atomic E-state index is 0.0799. The van der Waals surface area contributed by atoms with Gasteiger partial charge in [0, 0.05) is 5.69 Å². The molecule has 0 fully saturated rings. The molecule has 0 saturated heterocycles. The molecule has 0 spiro atoms. The van der Waals surface area contributed by atoms with Gasteiger partial charge in [-0.15, -0.1) is 0 Å². The number of aromatic nitrogens is 1. The lowest BCUT2D eigenvalue weighted by Crippen LogP contribution is -2.16. The second-order valence-electron chi connectivity index (χ2n) is 4.36. The molecule has 1 heterocycles. The van der Waals surface area contributed by atoms with Gasteiger partial charge in [-0.2, -0.15) is 0 Å². The van der Waals surface area contributed by atoms with Crippen LogP contribution in [-0.2, 0) is 11.2 Å². The third-order valence-electron chi connectivity index (χ3n) is 2.73. The van der Waals surface area contributed by atoms with Crippen LogP contribution in [0, 0.1) is 12.7 Å². The van der Waals surface area contributed by atoms with Gasteiger partial charge < -0.3 is 10.1 Å². The fourth-order valence-corrected chi connectivity index (χ4v) is 1.81. The average molecular weight is 274 g/mol. The number of hydrogen-bond donors (Lipinski definition) is 1. The summed E-state index contributed by atoms with van der Waals surface area (Å²) in [6.45, 7) is 1.82. The number of rotatable bonds is 4. The molecule has 1 amide bonds. The van der Waals surface area contributed by atoms with Gasteiger partial charge in [0.25, 0.3) is 0 Å². The van der Waals surface area contributed by atoms with E-state index in [1.54, 1.807) is 24.3 Å². The summed E-state index contributed by atoms with van der Waals surface area (Å²) in [6.07, 6.45) is 0.0799. The predicted octanol–water partition coefficient (Wildman–Crippen LogP) is 2.72. The van der Waals surface area contributed by atoms with Crippen molar-refractivity contribution in [3.63, 3.8) is 0 Å². The molecule has 4 nitrogen and oxygen atoms in total. The molecule has 0 atom stereocenters. The number of anilines is 1. The molecule has 20 heavy (non-hydrogen) atoms. The molecule has 0 bridgehead atoms. The predicted molar refractivity (Wildman–Crippen MR) is 74.3 cm³/mol. The molecular formula is C15H15FN2O2. The summed E-state index contributed by atoms with van der Waals surface area (Å²) in [5.74, 6) is 0.227. The fraction of sp³-hybridized carbons (Fsp3) is 0.200. The number of aryl methyl sites for hydroxylation is 1. The second-order valence-corrected chi connectivity index (χ2v) is 4.36. The third kappa shape index (κ3) is 3.54. The number of methoxy groups -OCH3 is 1. The molecule has 1 N–H and O–H groups in total. The van der Waals surface area contributed by atoms with E-state index in [0.717, 1.165) is 5.69 Å². The number of carbonyl (C=O) groups excluding carboxylic acids is 1. The maximum atomic E-state index is 13.1. The van der Waals surface area contributed by atoms with E-state index in [-0.39, 0.29) is 18.1 Å². The first-order chi connectivity index (χ1) is 9.58. The van der Waals surface area contributed by atoms with Gasteiger partial charge >= 0.3 is 0 Å². The first-order valence-corrected chi connectivity index (χ1v) is 6.14. The van der Waals surface area contributed by atoms with E-state index in [1.807, 2.05) is 6.92 Å². The molecule has 104 valence electrons. The number of pyridine rings is 1. The Bertz CT molecular complexity index is 629. The van der Waals surface area contributed by atoms with Gasteiger partial charge in [-0.25, -0.2) is 9.37 Å². The van der Waals surface area contributed by atoms with Gasteiger partial charge in [-0.1, -0.05) is 12.1 Å². The highest BCUT2D eigenvalue weighted by atomic mass is 19.1. The van der Waals surface area contributed by atoms with Crippen LogP contribution in [0.5, 0.6) is 5.75 Å². The zero-order valence-electron chi connectivity index (χ0n) is 11.3. The van der Waals surface area contributed by atoms with Crippen molar-refractivity contribution in [1.82, 2.24) is 4.98 Å². The normalized spacial score (nSPS) is 10.2. The summed E-state index contributed by atoms with van der Waals surface area (Å²) in [6, 6.07) is 9.47. The SMILES string of the molecule is COc1ccc(C)nc1NC(=O)Cc1cccc(F)c1. The molecule has 2 rings (SSSR count). The van der Waals surface area contributed by atoms with Crippen LogP contribution in [0.2, 0.25) is 0 Å². The van der Waals surface area contributed by atoms with E-state index >= 15 is 0 Å². The second kappa shape index (κ2) is 6.14. The first-order valence-electron chi connectivity index (χ1n) is 6.14. The first kappa shape index (κ1) is 14.0. The van der Waals surface area contributed by atoms with Crippen molar-refractivity contribution in [1.29, 1.82) is 0 Å². The van der Waals surface area contributed by atoms with Crippen molar-refractivity contribution in [3.05, 3.63) is 53.5 Å². The molecule has 0 unspecified atom stereocenters. The van der Waals surface area contributed by atoms with E-state index in [4.69, 9.17) is 4.74 Å².